The highest BCUT2D eigenvalue weighted by Gasteiger charge is 1.99. The van der Waals surface area contributed by atoms with Gasteiger partial charge in [-0.2, -0.15) is 0 Å². The lowest BCUT2D eigenvalue weighted by Gasteiger charge is -2.03. The Morgan fingerprint density at radius 3 is 2.86 bits per heavy atom. The van der Waals surface area contributed by atoms with E-state index in [1.54, 1.807) is 6.07 Å². The Balaban J connectivity index is 2.81. The predicted octanol–water partition coefficient (Wildman–Crippen LogP) is 2.40. The zero-order valence-electron chi connectivity index (χ0n) is 8.55. The summed E-state index contributed by atoms with van der Waals surface area (Å²) in [6, 6.07) is 4.70. The number of benzene rings is 1. The van der Waals surface area contributed by atoms with Crippen molar-refractivity contribution < 1.29 is 4.39 Å². The van der Waals surface area contributed by atoms with E-state index in [0.717, 1.165) is 17.5 Å². The molecular formula is C11H15FN2. The Morgan fingerprint density at radius 2 is 2.21 bits per heavy atom. The summed E-state index contributed by atoms with van der Waals surface area (Å²) in [6.07, 6.45) is 0.731. The maximum atomic E-state index is 12.9. The molecule has 0 bridgehead atoms. The number of rotatable bonds is 3. The van der Waals surface area contributed by atoms with Gasteiger partial charge >= 0.3 is 0 Å². The molecule has 0 aliphatic rings. The van der Waals surface area contributed by atoms with Crippen LogP contribution in [0.25, 0.3) is 0 Å². The molecule has 2 nitrogen and oxygen atoms in total. The first-order chi connectivity index (χ1) is 6.63. The topological polar surface area (TPSA) is 38.4 Å². The fourth-order valence-electron chi connectivity index (χ4n) is 1.11. The van der Waals surface area contributed by atoms with E-state index < -0.39 is 0 Å². The molecule has 0 unspecified atom stereocenters. The van der Waals surface area contributed by atoms with Crippen LogP contribution >= 0.6 is 0 Å². The minimum Gasteiger partial charge on any atom is -0.387 e. The van der Waals surface area contributed by atoms with Crippen molar-refractivity contribution in [3.63, 3.8) is 0 Å². The van der Waals surface area contributed by atoms with Crippen LogP contribution in [0.5, 0.6) is 0 Å². The Kier molecular flexibility index (Phi) is 3.63. The minimum atomic E-state index is -0.226. The van der Waals surface area contributed by atoms with Crippen molar-refractivity contribution >= 4 is 5.84 Å². The molecule has 0 atom stereocenters. The second kappa shape index (κ2) is 4.74. The van der Waals surface area contributed by atoms with E-state index in [0.29, 0.717) is 12.4 Å². The van der Waals surface area contributed by atoms with Gasteiger partial charge in [-0.05, 0) is 30.2 Å². The molecule has 0 radical (unpaired) electrons. The van der Waals surface area contributed by atoms with E-state index >= 15 is 0 Å². The summed E-state index contributed by atoms with van der Waals surface area (Å²) < 4.78 is 12.9. The fraction of sp³-hybridized carbons (Fsp3) is 0.364. The Hall–Kier alpha value is -1.38. The predicted molar refractivity (Wildman–Crippen MR) is 56.8 cm³/mol. The van der Waals surface area contributed by atoms with Gasteiger partial charge in [0.1, 0.15) is 5.82 Å². The molecule has 1 aromatic carbocycles. The van der Waals surface area contributed by atoms with Gasteiger partial charge in [0, 0.05) is 6.42 Å². The third kappa shape index (κ3) is 2.83. The summed E-state index contributed by atoms with van der Waals surface area (Å²) in [5, 5.41) is 0. The van der Waals surface area contributed by atoms with Gasteiger partial charge in [-0.25, -0.2) is 4.39 Å². The summed E-state index contributed by atoms with van der Waals surface area (Å²) in [5.74, 6) is 0.379. The van der Waals surface area contributed by atoms with Gasteiger partial charge in [0.25, 0.3) is 0 Å². The molecule has 14 heavy (non-hydrogen) atoms. The average Bonchev–Trinajstić information content (AvgIpc) is 2.19. The quantitative estimate of drug-likeness (QED) is 0.582. The second-order valence-electron chi connectivity index (χ2n) is 3.23. The molecule has 0 aliphatic carbocycles. The molecule has 0 heterocycles. The Morgan fingerprint density at radius 1 is 1.50 bits per heavy atom. The molecule has 0 spiro atoms. The van der Waals surface area contributed by atoms with Crippen LogP contribution in [0.3, 0.4) is 0 Å². The lowest BCUT2D eigenvalue weighted by molar-refractivity contribution is 0.625. The van der Waals surface area contributed by atoms with Gasteiger partial charge in [-0.15, -0.1) is 0 Å². The van der Waals surface area contributed by atoms with Crippen molar-refractivity contribution in [2.24, 2.45) is 10.7 Å². The van der Waals surface area contributed by atoms with E-state index in [2.05, 4.69) is 4.99 Å². The summed E-state index contributed by atoms with van der Waals surface area (Å²) in [6.45, 7) is 4.34. The van der Waals surface area contributed by atoms with Crippen LogP contribution in [0.15, 0.2) is 23.2 Å². The second-order valence-corrected chi connectivity index (χ2v) is 3.23. The van der Waals surface area contributed by atoms with Crippen LogP contribution in [0.4, 0.5) is 4.39 Å². The number of hydrogen-bond acceptors (Lipinski definition) is 1. The van der Waals surface area contributed by atoms with Gasteiger partial charge in [-0.3, -0.25) is 4.99 Å². The molecule has 0 saturated heterocycles. The number of nitrogens with zero attached hydrogens (tertiary/aromatic N) is 1. The van der Waals surface area contributed by atoms with Crippen LogP contribution in [-0.2, 0) is 6.54 Å². The first kappa shape index (κ1) is 10.7. The molecule has 0 saturated carbocycles. The first-order valence-electron chi connectivity index (χ1n) is 4.67. The van der Waals surface area contributed by atoms with Crippen molar-refractivity contribution in [2.75, 3.05) is 0 Å². The molecule has 0 aromatic heterocycles. The standard InChI is InChI=1S/C11H15FN2/c1-3-11(13)14-7-9-6-10(12)5-4-8(9)2/h4-6H,3,7H2,1-2H3,(H2,13,14). The van der Waals surface area contributed by atoms with E-state index in [1.807, 2.05) is 13.8 Å². The molecule has 2 N–H and O–H groups in total. The smallest absolute Gasteiger partial charge is 0.123 e. The number of halogens is 1. The number of hydrogen-bond donors (Lipinski definition) is 1. The lowest BCUT2D eigenvalue weighted by Crippen LogP contribution is -2.09. The van der Waals surface area contributed by atoms with Gasteiger partial charge in [-0.1, -0.05) is 13.0 Å². The molecule has 1 rings (SSSR count). The van der Waals surface area contributed by atoms with Crippen molar-refractivity contribution in [1.29, 1.82) is 0 Å². The highest BCUT2D eigenvalue weighted by atomic mass is 19.1. The first-order valence-corrected chi connectivity index (χ1v) is 4.67. The van der Waals surface area contributed by atoms with Crippen LogP contribution in [0.1, 0.15) is 24.5 Å². The normalized spacial score (nSPS) is 11.8. The van der Waals surface area contributed by atoms with Gasteiger partial charge in [0.15, 0.2) is 0 Å². The van der Waals surface area contributed by atoms with Gasteiger partial charge in [0.2, 0.25) is 0 Å². The van der Waals surface area contributed by atoms with E-state index in [4.69, 9.17) is 5.73 Å². The zero-order chi connectivity index (χ0) is 10.6. The van der Waals surface area contributed by atoms with Gasteiger partial charge in [0.05, 0.1) is 12.4 Å². The molecule has 0 amide bonds. The number of aliphatic imine (C=N–C) groups is 1. The van der Waals surface area contributed by atoms with E-state index in [1.165, 1.54) is 12.1 Å². The highest BCUT2D eigenvalue weighted by molar-refractivity contribution is 5.79. The van der Waals surface area contributed by atoms with Gasteiger partial charge < -0.3 is 5.73 Å². The van der Waals surface area contributed by atoms with Crippen LogP contribution < -0.4 is 5.73 Å². The van der Waals surface area contributed by atoms with Crippen molar-refractivity contribution in [2.45, 2.75) is 26.8 Å². The molecule has 76 valence electrons. The van der Waals surface area contributed by atoms with Crippen LogP contribution in [-0.4, -0.2) is 5.84 Å². The van der Waals surface area contributed by atoms with Crippen molar-refractivity contribution in [3.8, 4) is 0 Å². The lowest BCUT2D eigenvalue weighted by atomic mass is 10.1. The van der Waals surface area contributed by atoms with E-state index in [-0.39, 0.29) is 5.82 Å². The summed E-state index contributed by atoms with van der Waals surface area (Å²) in [5.41, 5.74) is 7.50. The Labute approximate surface area is 83.7 Å². The third-order valence-corrected chi connectivity index (χ3v) is 2.13. The average molecular weight is 194 g/mol. The fourth-order valence-corrected chi connectivity index (χ4v) is 1.11. The van der Waals surface area contributed by atoms with Crippen molar-refractivity contribution in [3.05, 3.63) is 35.1 Å². The maximum Gasteiger partial charge on any atom is 0.123 e. The minimum absolute atomic E-state index is 0.226. The SMILES string of the molecule is CCC(N)=NCc1cc(F)ccc1C. The maximum absolute atomic E-state index is 12.9. The summed E-state index contributed by atoms with van der Waals surface area (Å²) >= 11 is 0. The molecule has 1 aromatic rings. The third-order valence-electron chi connectivity index (χ3n) is 2.13. The molecular weight excluding hydrogens is 179 g/mol. The number of nitrogens with two attached hydrogens (primary N) is 1. The number of amidine groups is 1. The van der Waals surface area contributed by atoms with Crippen molar-refractivity contribution in [1.82, 2.24) is 0 Å². The number of aryl methyl sites for hydroxylation is 1. The van der Waals surface area contributed by atoms with E-state index in [9.17, 15) is 4.39 Å². The largest absolute Gasteiger partial charge is 0.387 e. The molecule has 0 fully saturated rings. The monoisotopic (exact) mass is 194 g/mol. The molecule has 3 heteroatoms. The summed E-state index contributed by atoms with van der Waals surface area (Å²) in [4.78, 5) is 4.14. The summed E-state index contributed by atoms with van der Waals surface area (Å²) in [7, 11) is 0. The van der Waals surface area contributed by atoms with Crippen LogP contribution in [0.2, 0.25) is 0 Å². The zero-order valence-corrected chi connectivity index (χ0v) is 8.55. The van der Waals surface area contributed by atoms with Crippen LogP contribution in [0, 0.1) is 12.7 Å². The highest BCUT2D eigenvalue weighted by Crippen LogP contribution is 2.11. The molecule has 0 aliphatic heterocycles. The Bertz CT molecular complexity index is 345.